The fourth-order valence-corrected chi connectivity index (χ4v) is 5.01. The number of halogens is 1. The lowest BCUT2D eigenvalue weighted by molar-refractivity contribution is 0.0950. The first-order valence-electron chi connectivity index (χ1n) is 11.4. The van der Waals surface area contributed by atoms with Crippen molar-refractivity contribution in [3.05, 3.63) is 113 Å². The monoisotopic (exact) mass is 529 g/mol. The highest BCUT2D eigenvalue weighted by atomic mass is 32.2. The normalized spacial score (nSPS) is 11.2. The zero-order valence-corrected chi connectivity index (χ0v) is 20.9. The van der Waals surface area contributed by atoms with Crippen LogP contribution in [0.15, 0.2) is 82.5 Å². The van der Waals surface area contributed by atoms with Gasteiger partial charge in [0.05, 0.1) is 4.90 Å². The number of hydrogen-bond acceptors (Lipinski definition) is 7. The number of hydrogen-bond donors (Lipinski definition) is 1. The molecule has 1 amide bonds. The number of carbonyl (C=O) groups excluding carboxylic acids is 1. The van der Waals surface area contributed by atoms with E-state index < -0.39 is 27.3 Å². The summed E-state index contributed by atoms with van der Waals surface area (Å²) in [5, 5.41) is 10.3. The molecule has 5 rings (SSSR count). The lowest BCUT2D eigenvalue weighted by atomic mass is 10.1. The number of sulfone groups is 1. The highest BCUT2D eigenvalue weighted by Crippen LogP contribution is 2.22. The molecule has 38 heavy (non-hydrogen) atoms. The molecule has 0 radical (unpaired) electrons. The van der Waals surface area contributed by atoms with Crippen LogP contribution in [0.25, 0.3) is 5.65 Å². The van der Waals surface area contributed by atoms with E-state index >= 15 is 0 Å². The Morgan fingerprint density at radius 1 is 1.05 bits per heavy atom. The van der Waals surface area contributed by atoms with Crippen molar-refractivity contribution in [1.82, 2.24) is 24.9 Å². The Morgan fingerprint density at radius 3 is 2.63 bits per heavy atom. The van der Waals surface area contributed by atoms with Crippen molar-refractivity contribution in [2.24, 2.45) is 0 Å². The third kappa shape index (κ3) is 5.61. The van der Waals surface area contributed by atoms with Gasteiger partial charge < -0.3 is 14.1 Å². The SMILES string of the molecule is Cc1nnc(CS(=O)(=O)c2ccc(C(=O)NCc3ccn4ccnc4c3)cc2C#Cc2ccc(F)cc2)o1. The summed E-state index contributed by atoms with van der Waals surface area (Å²) in [5.74, 6) is 4.49. The van der Waals surface area contributed by atoms with Crippen molar-refractivity contribution >= 4 is 21.4 Å². The molecule has 0 saturated heterocycles. The molecule has 3 aromatic heterocycles. The molecule has 1 N–H and O–H groups in total. The predicted molar refractivity (Wildman–Crippen MR) is 135 cm³/mol. The van der Waals surface area contributed by atoms with Crippen LogP contribution in [0.2, 0.25) is 0 Å². The van der Waals surface area contributed by atoms with Crippen molar-refractivity contribution in [1.29, 1.82) is 0 Å². The number of aryl methyl sites for hydroxylation is 1. The average Bonchev–Trinajstić information content (AvgIpc) is 3.54. The third-order valence-corrected chi connectivity index (χ3v) is 7.21. The van der Waals surface area contributed by atoms with Crippen molar-refractivity contribution in [3.63, 3.8) is 0 Å². The number of nitrogens with zero attached hydrogens (tertiary/aromatic N) is 4. The van der Waals surface area contributed by atoms with E-state index in [1.165, 1.54) is 42.5 Å². The number of pyridine rings is 1. The number of fused-ring (bicyclic) bond motifs is 1. The summed E-state index contributed by atoms with van der Waals surface area (Å²) in [6, 6.07) is 13.3. The van der Waals surface area contributed by atoms with Crippen molar-refractivity contribution in [3.8, 4) is 11.8 Å². The van der Waals surface area contributed by atoms with Crippen LogP contribution in [-0.2, 0) is 22.1 Å². The maximum Gasteiger partial charge on any atom is 0.251 e. The summed E-state index contributed by atoms with van der Waals surface area (Å²) in [5.41, 5.74) is 2.41. The van der Waals surface area contributed by atoms with Crippen LogP contribution in [0.1, 0.15) is 38.8 Å². The van der Waals surface area contributed by atoms with Gasteiger partial charge in [-0.25, -0.2) is 17.8 Å². The van der Waals surface area contributed by atoms with Gasteiger partial charge in [-0.3, -0.25) is 4.79 Å². The van der Waals surface area contributed by atoms with Crippen molar-refractivity contribution < 1.29 is 22.0 Å². The van der Waals surface area contributed by atoms with Crippen LogP contribution < -0.4 is 5.32 Å². The molecule has 0 unspecified atom stereocenters. The van der Waals surface area contributed by atoms with Crippen LogP contribution >= 0.6 is 0 Å². The Balaban J connectivity index is 1.44. The van der Waals surface area contributed by atoms with Gasteiger partial charge in [0.1, 0.15) is 17.2 Å². The van der Waals surface area contributed by atoms with Crippen molar-refractivity contribution in [2.75, 3.05) is 0 Å². The zero-order valence-electron chi connectivity index (χ0n) is 20.1. The smallest absolute Gasteiger partial charge is 0.251 e. The molecule has 0 fully saturated rings. The first kappa shape index (κ1) is 24.9. The number of benzene rings is 2. The molecule has 190 valence electrons. The standard InChI is InChI=1S/C27H20FN5O4S/c1-18-31-32-26(37-18)17-38(35,36)24-9-6-22(15-21(24)5-2-19-3-7-23(28)8-4-19)27(34)30-16-20-10-12-33-13-11-29-25(33)14-20/h3-4,6-15H,16-17H2,1H3,(H,30,34). The van der Waals surface area contributed by atoms with Gasteiger partial charge in [0.15, 0.2) is 9.84 Å². The lowest BCUT2D eigenvalue weighted by Crippen LogP contribution is -2.23. The number of nitrogens with one attached hydrogen (secondary N) is 1. The highest BCUT2D eigenvalue weighted by molar-refractivity contribution is 7.90. The summed E-state index contributed by atoms with van der Waals surface area (Å²) >= 11 is 0. The summed E-state index contributed by atoms with van der Waals surface area (Å²) in [4.78, 5) is 17.1. The molecule has 0 atom stereocenters. The highest BCUT2D eigenvalue weighted by Gasteiger charge is 2.23. The molecular formula is C27H20FN5O4S. The van der Waals surface area contributed by atoms with Gasteiger partial charge >= 0.3 is 0 Å². The second-order valence-electron chi connectivity index (χ2n) is 8.35. The molecule has 2 aromatic carbocycles. The van der Waals surface area contributed by atoms with E-state index in [1.54, 1.807) is 13.1 Å². The Hall–Kier alpha value is -4.82. The quantitative estimate of drug-likeness (QED) is 0.335. The van der Waals surface area contributed by atoms with Crippen LogP contribution in [0, 0.1) is 24.6 Å². The summed E-state index contributed by atoms with van der Waals surface area (Å²) < 4.78 is 46.8. The Bertz CT molecular complexity index is 1820. The zero-order chi connectivity index (χ0) is 26.7. The Kier molecular flexibility index (Phi) is 6.72. The number of aromatic nitrogens is 4. The summed E-state index contributed by atoms with van der Waals surface area (Å²) in [6.07, 6.45) is 5.35. The lowest BCUT2D eigenvalue weighted by Gasteiger charge is -2.09. The number of carbonyl (C=O) groups is 1. The van der Waals surface area contributed by atoms with E-state index in [0.29, 0.717) is 5.56 Å². The van der Waals surface area contributed by atoms with E-state index in [-0.39, 0.29) is 34.3 Å². The molecule has 0 aliphatic heterocycles. The molecule has 0 aliphatic rings. The van der Waals surface area contributed by atoms with Gasteiger partial charge in [0.2, 0.25) is 11.8 Å². The van der Waals surface area contributed by atoms with Crippen LogP contribution in [0.3, 0.4) is 0 Å². The molecule has 9 nitrogen and oxygen atoms in total. The van der Waals surface area contributed by atoms with Gasteiger partial charge in [-0.2, -0.15) is 0 Å². The second-order valence-corrected chi connectivity index (χ2v) is 10.3. The van der Waals surface area contributed by atoms with E-state index in [1.807, 2.05) is 28.9 Å². The van der Waals surface area contributed by atoms with Crippen LogP contribution in [0.4, 0.5) is 4.39 Å². The van der Waals surface area contributed by atoms with Crippen LogP contribution in [-0.4, -0.2) is 33.9 Å². The van der Waals surface area contributed by atoms with Crippen LogP contribution in [0.5, 0.6) is 0 Å². The van der Waals surface area contributed by atoms with Gasteiger partial charge in [0.25, 0.3) is 5.91 Å². The fraction of sp³-hybridized carbons (Fsp3) is 0.111. The molecular weight excluding hydrogens is 509 g/mol. The van der Waals surface area contributed by atoms with Gasteiger partial charge in [-0.05, 0) is 60.2 Å². The third-order valence-electron chi connectivity index (χ3n) is 5.56. The molecule has 5 aromatic rings. The Morgan fingerprint density at radius 2 is 1.87 bits per heavy atom. The van der Waals surface area contributed by atoms with Gasteiger partial charge in [0, 0.05) is 48.7 Å². The van der Waals surface area contributed by atoms with Gasteiger partial charge in [-0.15, -0.1) is 10.2 Å². The summed E-state index contributed by atoms with van der Waals surface area (Å²) in [6.45, 7) is 1.80. The number of rotatable bonds is 6. The number of amides is 1. The molecule has 3 heterocycles. The minimum absolute atomic E-state index is 0.0591. The second kappa shape index (κ2) is 10.3. The maximum atomic E-state index is 13.3. The molecule has 0 saturated carbocycles. The van der Waals surface area contributed by atoms with E-state index in [4.69, 9.17) is 4.42 Å². The number of imidazole rings is 1. The van der Waals surface area contributed by atoms with E-state index in [2.05, 4.69) is 32.3 Å². The molecule has 11 heteroatoms. The first-order chi connectivity index (χ1) is 18.3. The molecule has 0 aliphatic carbocycles. The molecule has 0 bridgehead atoms. The summed E-state index contributed by atoms with van der Waals surface area (Å²) in [7, 11) is -3.95. The van der Waals surface area contributed by atoms with E-state index in [9.17, 15) is 17.6 Å². The minimum atomic E-state index is -3.95. The first-order valence-corrected chi connectivity index (χ1v) is 13.1. The minimum Gasteiger partial charge on any atom is -0.424 e. The molecule has 0 spiro atoms. The van der Waals surface area contributed by atoms with E-state index in [0.717, 1.165) is 11.2 Å². The Labute approximate surface area is 217 Å². The average molecular weight is 530 g/mol. The topological polar surface area (TPSA) is 119 Å². The van der Waals surface area contributed by atoms with Gasteiger partial charge in [-0.1, -0.05) is 11.8 Å². The maximum absolute atomic E-state index is 13.3. The predicted octanol–water partition coefficient (Wildman–Crippen LogP) is 3.47. The van der Waals surface area contributed by atoms with Crippen molar-refractivity contribution in [2.45, 2.75) is 24.1 Å². The largest absolute Gasteiger partial charge is 0.424 e. The fourth-order valence-electron chi connectivity index (χ4n) is 3.70.